The van der Waals surface area contributed by atoms with Crippen molar-refractivity contribution in [3.8, 4) is 0 Å². The zero-order valence-electron chi connectivity index (χ0n) is 10.5. The van der Waals surface area contributed by atoms with Crippen LogP contribution in [0.4, 0.5) is 0 Å². The molecule has 0 rings (SSSR count). The first-order valence-corrected chi connectivity index (χ1v) is 6.24. The van der Waals surface area contributed by atoms with E-state index < -0.39 is 6.10 Å². The molecular formula is C12H26O4. The van der Waals surface area contributed by atoms with E-state index in [9.17, 15) is 5.11 Å². The van der Waals surface area contributed by atoms with E-state index in [-0.39, 0.29) is 12.7 Å². The highest BCUT2D eigenvalue weighted by Gasteiger charge is 2.19. The maximum Gasteiger partial charge on any atom is 0.103 e. The molecule has 2 N–H and O–H groups in total. The molecule has 0 aliphatic rings. The van der Waals surface area contributed by atoms with Crippen LogP contribution in [-0.2, 0) is 9.47 Å². The fourth-order valence-electron chi connectivity index (χ4n) is 1.40. The van der Waals surface area contributed by atoms with Gasteiger partial charge in [0.1, 0.15) is 6.10 Å². The van der Waals surface area contributed by atoms with Crippen LogP contribution in [0.2, 0.25) is 0 Å². The van der Waals surface area contributed by atoms with Gasteiger partial charge >= 0.3 is 0 Å². The summed E-state index contributed by atoms with van der Waals surface area (Å²) in [5, 5.41) is 18.6. The smallest absolute Gasteiger partial charge is 0.103 e. The average Bonchev–Trinajstić information content (AvgIpc) is 2.29. The molecule has 0 heterocycles. The van der Waals surface area contributed by atoms with E-state index in [1.54, 1.807) is 0 Å². The van der Waals surface area contributed by atoms with Gasteiger partial charge in [-0.05, 0) is 25.7 Å². The Morgan fingerprint density at radius 2 is 1.81 bits per heavy atom. The summed E-state index contributed by atoms with van der Waals surface area (Å²) < 4.78 is 10.8. The molecule has 0 radical (unpaired) electrons. The van der Waals surface area contributed by atoms with Crippen molar-refractivity contribution in [2.75, 3.05) is 26.4 Å². The van der Waals surface area contributed by atoms with Gasteiger partial charge in [0.25, 0.3) is 0 Å². The number of hydrogen-bond acceptors (Lipinski definition) is 4. The summed E-state index contributed by atoms with van der Waals surface area (Å²) in [7, 11) is 0. The van der Waals surface area contributed by atoms with Gasteiger partial charge in [0.05, 0.1) is 12.7 Å². The van der Waals surface area contributed by atoms with Crippen LogP contribution in [-0.4, -0.2) is 48.8 Å². The second kappa shape index (κ2) is 11.3. The van der Waals surface area contributed by atoms with Crippen LogP contribution in [0, 0.1) is 0 Å². The maximum absolute atomic E-state index is 9.86. The lowest BCUT2D eigenvalue weighted by atomic mass is 10.1. The van der Waals surface area contributed by atoms with E-state index in [4.69, 9.17) is 14.6 Å². The Labute approximate surface area is 98.6 Å². The van der Waals surface area contributed by atoms with Crippen LogP contribution in [0.5, 0.6) is 0 Å². The Balaban J connectivity index is 3.83. The minimum atomic E-state index is -0.593. The number of aliphatic hydroxyl groups excluding tert-OH is 2. The lowest BCUT2D eigenvalue weighted by Gasteiger charge is -2.23. The molecule has 4 nitrogen and oxygen atoms in total. The Morgan fingerprint density at radius 3 is 2.38 bits per heavy atom. The van der Waals surface area contributed by atoms with Crippen LogP contribution in [0.15, 0.2) is 0 Å². The first kappa shape index (κ1) is 15.8. The molecule has 0 bridgehead atoms. The summed E-state index contributed by atoms with van der Waals surface area (Å²) in [5.41, 5.74) is 0. The molecule has 0 saturated heterocycles. The Hall–Kier alpha value is -0.160. The van der Waals surface area contributed by atoms with Gasteiger partial charge in [0, 0.05) is 19.8 Å². The molecule has 0 fully saturated rings. The molecule has 0 saturated carbocycles. The van der Waals surface area contributed by atoms with E-state index in [1.807, 2.05) is 13.8 Å². The predicted octanol–water partition coefficient (Wildman–Crippen LogP) is 1.34. The van der Waals surface area contributed by atoms with E-state index in [1.165, 1.54) is 0 Å². The van der Waals surface area contributed by atoms with Gasteiger partial charge in [-0.25, -0.2) is 0 Å². The normalized spacial score (nSPS) is 15.0. The quantitative estimate of drug-likeness (QED) is 0.530. The van der Waals surface area contributed by atoms with Crippen molar-refractivity contribution in [1.82, 2.24) is 0 Å². The van der Waals surface area contributed by atoms with E-state index in [2.05, 4.69) is 0 Å². The monoisotopic (exact) mass is 234 g/mol. The molecule has 0 aromatic heterocycles. The van der Waals surface area contributed by atoms with E-state index in [0.29, 0.717) is 32.7 Å². The number of rotatable bonds is 11. The molecule has 0 aliphatic carbocycles. The van der Waals surface area contributed by atoms with Crippen molar-refractivity contribution in [1.29, 1.82) is 0 Å². The van der Waals surface area contributed by atoms with Gasteiger partial charge < -0.3 is 19.7 Å². The van der Waals surface area contributed by atoms with Gasteiger partial charge in [-0.3, -0.25) is 0 Å². The maximum atomic E-state index is 9.86. The standard InChI is InChI=1S/C12H26O4/c1-3-8-15-10-11(14)12(6-5-7-13)16-9-4-2/h11-14H,3-10H2,1-2H3/t11-,12+/m1/s1. The molecule has 0 unspecified atom stereocenters. The molecule has 0 aromatic carbocycles. The lowest BCUT2D eigenvalue weighted by Crippen LogP contribution is -2.33. The van der Waals surface area contributed by atoms with Crippen LogP contribution >= 0.6 is 0 Å². The average molecular weight is 234 g/mol. The Bertz CT molecular complexity index is 133. The third-order valence-electron chi connectivity index (χ3n) is 2.25. The fraction of sp³-hybridized carbons (Fsp3) is 1.00. The number of ether oxygens (including phenoxy) is 2. The van der Waals surface area contributed by atoms with Crippen molar-refractivity contribution in [3.05, 3.63) is 0 Å². The Kier molecular flexibility index (Phi) is 11.2. The summed E-state index contributed by atoms with van der Waals surface area (Å²) in [6, 6.07) is 0. The topological polar surface area (TPSA) is 58.9 Å². The molecule has 0 amide bonds. The number of hydrogen-bond donors (Lipinski definition) is 2. The summed E-state index contributed by atoms with van der Waals surface area (Å²) in [6.45, 7) is 5.81. The molecule has 4 heteroatoms. The summed E-state index contributed by atoms with van der Waals surface area (Å²) in [6.07, 6.45) is 2.39. The molecule has 0 spiro atoms. The van der Waals surface area contributed by atoms with Gasteiger partial charge in [0.2, 0.25) is 0 Å². The van der Waals surface area contributed by atoms with Gasteiger partial charge in [0.15, 0.2) is 0 Å². The highest BCUT2D eigenvalue weighted by atomic mass is 16.5. The third kappa shape index (κ3) is 8.05. The molecule has 0 aromatic rings. The highest BCUT2D eigenvalue weighted by Crippen LogP contribution is 2.09. The van der Waals surface area contributed by atoms with E-state index >= 15 is 0 Å². The zero-order valence-corrected chi connectivity index (χ0v) is 10.5. The predicted molar refractivity (Wildman–Crippen MR) is 63.5 cm³/mol. The van der Waals surface area contributed by atoms with Crippen molar-refractivity contribution in [2.45, 2.75) is 51.7 Å². The first-order chi connectivity index (χ1) is 7.76. The van der Waals surface area contributed by atoms with Crippen LogP contribution in [0.1, 0.15) is 39.5 Å². The van der Waals surface area contributed by atoms with Crippen LogP contribution < -0.4 is 0 Å². The molecule has 0 aliphatic heterocycles. The SMILES string of the molecule is CCCOC[C@@H](O)[C@H](CCCO)OCCC. The van der Waals surface area contributed by atoms with Gasteiger partial charge in [-0.2, -0.15) is 0 Å². The summed E-state index contributed by atoms with van der Waals surface area (Å²) in [5.74, 6) is 0. The molecule has 98 valence electrons. The largest absolute Gasteiger partial charge is 0.396 e. The number of aliphatic hydroxyl groups is 2. The van der Waals surface area contributed by atoms with Crippen molar-refractivity contribution in [2.24, 2.45) is 0 Å². The molecular weight excluding hydrogens is 208 g/mol. The van der Waals surface area contributed by atoms with Gasteiger partial charge in [-0.1, -0.05) is 13.8 Å². The third-order valence-corrected chi connectivity index (χ3v) is 2.25. The van der Waals surface area contributed by atoms with Crippen molar-refractivity contribution in [3.63, 3.8) is 0 Å². The Morgan fingerprint density at radius 1 is 1.12 bits per heavy atom. The van der Waals surface area contributed by atoms with Crippen LogP contribution in [0.25, 0.3) is 0 Å². The second-order valence-corrected chi connectivity index (χ2v) is 3.92. The zero-order chi connectivity index (χ0) is 12.2. The molecule has 2 atom stereocenters. The van der Waals surface area contributed by atoms with E-state index in [0.717, 1.165) is 12.8 Å². The second-order valence-electron chi connectivity index (χ2n) is 3.92. The molecule has 16 heavy (non-hydrogen) atoms. The lowest BCUT2D eigenvalue weighted by molar-refractivity contribution is -0.0763. The first-order valence-electron chi connectivity index (χ1n) is 6.24. The minimum Gasteiger partial charge on any atom is -0.396 e. The minimum absolute atomic E-state index is 0.133. The van der Waals surface area contributed by atoms with Crippen LogP contribution in [0.3, 0.4) is 0 Å². The highest BCUT2D eigenvalue weighted by molar-refractivity contribution is 4.69. The van der Waals surface area contributed by atoms with Crippen molar-refractivity contribution >= 4 is 0 Å². The summed E-state index contributed by atoms with van der Waals surface area (Å²) >= 11 is 0. The fourth-order valence-corrected chi connectivity index (χ4v) is 1.40. The summed E-state index contributed by atoms with van der Waals surface area (Å²) in [4.78, 5) is 0. The van der Waals surface area contributed by atoms with Gasteiger partial charge in [-0.15, -0.1) is 0 Å². The van der Waals surface area contributed by atoms with Crippen molar-refractivity contribution < 1.29 is 19.7 Å².